The average Bonchev–Trinajstić information content (AvgIpc) is 2.65. The summed E-state index contributed by atoms with van der Waals surface area (Å²) in [7, 11) is 0. The highest BCUT2D eigenvalue weighted by molar-refractivity contribution is 6.02. The highest BCUT2D eigenvalue weighted by atomic mass is 19.1. The second-order valence-electron chi connectivity index (χ2n) is 4.67. The smallest absolute Gasteiger partial charge is 0.246 e. The molecule has 1 unspecified atom stereocenters. The van der Waals surface area contributed by atoms with Crippen molar-refractivity contribution < 1.29 is 9.18 Å². The Kier molecular flexibility index (Phi) is 4.31. The molecule has 0 saturated heterocycles. The molecule has 0 radical (unpaired) electrons. The lowest BCUT2D eigenvalue weighted by Gasteiger charge is -2.11. The van der Waals surface area contributed by atoms with Gasteiger partial charge in [-0.05, 0) is 31.2 Å². The van der Waals surface area contributed by atoms with Crippen molar-refractivity contribution in [3.8, 4) is 0 Å². The van der Waals surface area contributed by atoms with Crippen molar-refractivity contribution in [1.29, 1.82) is 0 Å². The summed E-state index contributed by atoms with van der Waals surface area (Å²) >= 11 is 0. The van der Waals surface area contributed by atoms with Crippen molar-refractivity contribution >= 4 is 11.6 Å². The van der Waals surface area contributed by atoms with E-state index in [2.05, 4.69) is 17.6 Å². The molecule has 1 aromatic carbocycles. The molecule has 1 aliphatic rings. The summed E-state index contributed by atoms with van der Waals surface area (Å²) in [6, 6.07) is 4.00. The van der Waals surface area contributed by atoms with Crippen molar-refractivity contribution in [2.24, 2.45) is 0 Å². The number of carbonyl (C=O) groups is 1. The van der Waals surface area contributed by atoms with Crippen LogP contribution in [0.25, 0.3) is 0 Å². The van der Waals surface area contributed by atoms with Crippen LogP contribution >= 0.6 is 0 Å². The van der Waals surface area contributed by atoms with E-state index in [-0.39, 0.29) is 11.7 Å². The molecule has 2 rings (SSSR count). The Morgan fingerprint density at radius 1 is 1.33 bits per heavy atom. The third kappa shape index (κ3) is 2.88. The highest BCUT2D eigenvalue weighted by Gasteiger charge is 2.29. The second-order valence-corrected chi connectivity index (χ2v) is 4.67. The quantitative estimate of drug-likeness (QED) is 0.762. The van der Waals surface area contributed by atoms with Crippen molar-refractivity contribution in [1.82, 2.24) is 5.32 Å². The van der Waals surface area contributed by atoms with E-state index < -0.39 is 6.04 Å². The Bertz CT molecular complexity index is 434. The molecule has 1 aliphatic heterocycles. The van der Waals surface area contributed by atoms with Crippen LogP contribution < -0.4 is 10.6 Å². The molecule has 3 nitrogen and oxygen atoms in total. The molecule has 1 aromatic rings. The topological polar surface area (TPSA) is 41.1 Å². The molecule has 0 fully saturated rings. The molecule has 98 valence electrons. The molecule has 4 heteroatoms. The lowest BCUT2D eigenvalue weighted by molar-refractivity contribution is -0.117. The van der Waals surface area contributed by atoms with Crippen molar-refractivity contribution in [2.75, 3.05) is 11.9 Å². The maximum atomic E-state index is 13.2. The average molecular weight is 250 g/mol. The summed E-state index contributed by atoms with van der Waals surface area (Å²) in [4.78, 5) is 11.8. The Labute approximate surface area is 107 Å². The molecule has 2 N–H and O–H groups in total. The van der Waals surface area contributed by atoms with Crippen LogP contribution in [0.3, 0.4) is 0 Å². The van der Waals surface area contributed by atoms with Gasteiger partial charge in [0.15, 0.2) is 0 Å². The third-order valence-electron chi connectivity index (χ3n) is 3.22. The van der Waals surface area contributed by atoms with Gasteiger partial charge in [-0.3, -0.25) is 4.79 Å². The second kappa shape index (κ2) is 5.96. The Morgan fingerprint density at radius 3 is 2.94 bits per heavy atom. The van der Waals surface area contributed by atoms with Crippen LogP contribution in [0, 0.1) is 5.82 Å². The number of amides is 1. The van der Waals surface area contributed by atoms with Crippen molar-refractivity contribution in [3.05, 3.63) is 29.6 Å². The van der Waals surface area contributed by atoms with Crippen LogP contribution in [0.2, 0.25) is 0 Å². The molecule has 1 atom stereocenters. The number of anilines is 1. The summed E-state index contributed by atoms with van der Waals surface area (Å²) in [5.41, 5.74) is 1.43. The minimum Gasteiger partial charge on any atom is -0.324 e. The zero-order valence-corrected chi connectivity index (χ0v) is 10.6. The minimum atomic E-state index is -0.405. The largest absolute Gasteiger partial charge is 0.324 e. The van der Waals surface area contributed by atoms with Crippen LogP contribution in [0.5, 0.6) is 0 Å². The van der Waals surface area contributed by atoms with Gasteiger partial charge in [0.05, 0.1) is 0 Å². The van der Waals surface area contributed by atoms with Gasteiger partial charge in [0.1, 0.15) is 11.9 Å². The molecular formula is C14H19FN2O. The van der Waals surface area contributed by atoms with Gasteiger partial charge in [-0.25, -0.2) is 4.39 Å². The number of hydrogen-bond acceptors (Lipinski definition) is 2. The molecule has 18 heavy (non-hydrogen) atoms. The molecule has 1 amide bonds. The number of hydrogen-bond donors (Lipinski definition) is 2. The molecular weight excluding hydrogens is 231 g/mol. The summed E-state index contributed by atoms with van der Waals surface area (Å²) in [5.74, 6) is -0.394. The van der Waals surface area contributed by atoms with Crippen LogP contribution in [0.15, 0.2) is 18.2 Å². The van der Waals surface area contributed by atoms with Crippen molar-refractivity contribution in [3.63, 3.8) is 0 Å². The van der Waals surface area contributed by atoms with Gasteiger partial charge in [0, 0.05) is 11.3 Å². The van der Waals surface area contributed by atoms with Crippen LogP contribution in [0.1, 0.15) is 44.2 Å². The van der Waals surface area contributed by atoms with Gasteiger partial charge in [0.2, 0.25) is 5.91 Å². The number of benzene rings is 1. The lowest BCUT2D eigenvalue weighted by atomic mass is 10.1. The number of rotatable bonds is 6. The summed E-state index contributed by atoms with van der Waals surface area (Å²) in [5, 5.41) is 5.95. The Morgan fingerprint density at radius 2 is 2.17 bits per heavy atom. The first kappa shape index (κ1) is 13.0. The Balaban J connectivity index is 1.93. The fraction of sp³-hybridized carbons (Fsp3) is 0.500. The van der Waals surface area contributed by atoms with Gasteiger partial charge in [-0.15, -0.1) is 0 Å². The minimum absolute atomic E-state index is 0.0916. The van der Waals surface area contributed by atoms with Gasteiger partial charge < -0.3 is 10.6 Å². The first-order valence-electron chi connectivity index (χ1n) is 6.56. The zero-order valence-electron chi connectivity index (χ0n) is 10.6. The van der Waals surface area contributed by atoms with Crippen molar-refractivity contribution in [2.45, 2.75) is 38.6 Å². The van der Waals surface area contributed by atoms with E-state index in [1.165, 1.54) is 25.0 Å². The fourth-order valence-electron chi connectivity index (χ4n) is 2.23. The Hall–Kier alpha value is -1.42. The highest BCUT2D eigenvalue weighted by Crippen LogP contribution is 2.31. The standard InChI is InChI=1S/C14H19FN2O/c1-2-3-4-5-8-16-13-11-9-10(15)6-7-12(11)17-14(13)18/h6-7,9,13,16H,2-5,8H2,1H3,(H,17,18). The number of nitrogens with one attached hydrogen (secondary N) is 2. The zero-order chi connectivity index (χ0) is 13.0. The van der Waals surface area contributed by atoms with E-state index in [1.807, 2.05) is 0 Å². The monoisotopic (exact) mass is 250 g/mol. The maximum Gasteiger partial charge on any atom is 0.246 e. The summed E-state index contributed by atoms with van der Waals surface area (Å²) in [6.45, 7) is 2.95. The molecule has 1 heterocycles. The SMILES string of the molecule is CCCCCCNC1C(=O)Nc2ccc(F)cc21. The van der Waals surface area contributed by atoms with Gasteiger partial charge in [-0.1, -0.05) is 26.2 Å². The maximum absolute atomic E-state index is 13.2. The van der Waals surface area contributed by atoms with E-state index >= 15 is 0 Å². The molecule has 0 saturated carbocycles. The van der Waals surface area contributed by atoms with E-state index in [4.69, 9.17) is 0 Å². The number of unbranched alkanes of at least 4 members (excludes halogenated alkanes) is 3. The number of fused-ring (bicyclic) bond motifs is 1. The normalized spacial score (nSPS) is 17.7. The molecule has 0 aromatic heterocycles. The van der Waals surface area contributed by atoms with E-state index in [1.54, 1.807) is 6.07 Å². The van der Waals surface area contributed by atoms with E-state index in [0.717, 1.165) is 24.9 Å². The van der Waals surface area contributed by atoms with E-state index in [9.17, 15) is 9.18 Å². The van der Waals surface area contributed by atoms with Gasteiger partial charge in [-0.2, -0.15) is 0 Å². The van der Waals surface area contributed by atoms with Crippen LogP contribution in [-0.2, 0) is 4.79 Å². The predicted octanol–water partition coefficient (Wildman–Crippen LogP) is 2.99. The first-order valence-corrected chi connectivity index (χ1v) is 6.56. The predicted molar refractivity (Wildman–Crippen MR) is 69.9 cm³/mol. The summed E-state index contributed by atoms with van der Waals surface area (Å²) in [6.07, 6.45) is 4.61. The third-order valence-corrected chi connectivity index (χ3v) is 3.22. The van der Waals surface area contributed by atoms with Crippen LogP contribution in [0.4, 0.5) is 10.1 Å². The number of carbonyl (C=O) groups excluding carboxylic acids is 1. The van der Waals surface area contributed by atoms with Crippen LogP contribution in [-0.4, -0.2) is 12.5 Å². The molecule has 0 bridgehead atoms. The molecule has 0 aliphatic carbocycles. The van der Waals surface area contributed by atoms with Gasteiger partial charge in [0.25, 0.3) is 0 Å². The molecule has 0 spiro atoms. The lowest BCUT2D eigenvalue weighted by Crippen LogP contribution is -2.28. The van der Waals surface area contributed by atoms with E-state index in [0.29, 0.717) is 5.69 Å². The summed E-state index contributed by atoms with van der Waals surface area (Å²) < 4.78 is 13.2. The number of halogens is 1. The fourth-order valence-corrected chi connectivity index (χ4v) is 2.23. The van der Waals surface area contributed by atoms with Gasteiger partial charge >= 0.3 is 0 Å². The first-order chi connectivity index (χ1) is 8.72.